The van der Waals surface area contributed by atoms with E-state index in [-0.39, 0.29) is 48.5 Å². The number of hydrogen-bond donors (Lipinski definition) is 1. The molecular weight excluding hydrogens is 660 g/mol. The minimum absolute atomic E-state index is 0.0684. The highest BCUT2D eigenvalue weighted by molar-refractivity contribution is 5.83. The van der Waals surface area contributed by atoms with Gasteiger partial charge in [0.15, 0.2) is 0 Å². The Kier molecular flexibility index (Phi) is 7.82. The van der Waals surface area contributed by atoms with Crippen molar-refractivity contribution in [2.45, 2.75) is 173 Å². The van der Waals surface area contributed by atoms with E-state index in [1.165, 1.54) is 6.42 Å². The van der Waals surface area contributed by atoms with Crippen LogP contribution in [-0.2, 0) is 38.1 Å². The maximum Gasteiger partial charge on any atom is 0.312 e. The van der Waals surface area contributed by atoms with Crippen LogP contribution in [0.25, 0.3) is 0 Å². The number of ether oxygens (including phenoxy) is 4. The van der Waals surface area contributed by atoms with Crippen molar-refractivity contribution in [3.05, 3.63) is 0 Å². The van der Waals surface area contributed by atoms with E-state index >= 15 is 0 Å². The molecule has 1 aliphatic heterocycles. The van der Waals surface area contributed by atoms with Gasteiger partial charge in [0.2, 0.25) is 0 Å². The van der Waals surface area contributed by atoms with Crippen molar-refractivity contribution in [1.29, 1.82) is 0 Å². The van der Waals surface area contributed by atoms with Crippen LogP contribution in [0.2, 0.25) is 0 Å². The fourth-order valence-electron chi connectivity index (χ4n) is 15.0. The van der Waals surface area contributed by atoms with Gasteiger partial charge < -0.3 is 24.1 Å². The van der Waals surface area contributed by atoms with Gasteiger partial charge >= 0.3 is 23.9 Å². The molecule has 9 heteroatoms. The van der Waals surface area contributed by atoms with Crippen LogP contribution >= 0.6 is 0 Å². The molecule has 10 saturated carbocycles. The minimum Gasteiger partial charge on any atom is -0.459 e. The molecule has 11 fully saturated rings. The normalized spacial score (nSPS) is 48.3. The van der Waals surface area contributed by atoms with Crippen LogP contribution in [-0.4, -0.2) is 58.0 Å². The third-order valence-corrected chi connectivity index (χ3v) is 16.9. The van der Waals surface area contributed by atoms with Crippen LogP contribution in [0.1, 0.15) is 144 Å². The lowest BCUT2D eigenvalue weighted by atomic mass is 9.50. The average Bonchev–Trinajstić information content (AvgIpc) is 3.67. The molecule has 11 aliphatic rings. The van der Waals surface area contributed by atoms with Gasteiger partial charge in [0.1, 0.15) is 23.4 Å². The lowest BCUT2D eigenvalue weighted by Gasteiger charge is -2.59. The zero-order valence-corrected chi connectivity index (χ0v) is 32.4. The fourth-order valence-corrected chi connectivity index (χ4v) is 15.0. The van der Waals surface area contributed by atoms with Gasteiger partial charge in [-0.2, -0.15) is 0 Å². The van der Waals surface area contributed by atoms with E-state index in [2.05, 4.69) is 6.92 Å². The highest BCUT2D eigenvalue weighted by Gasteiger charge is 2.65. The standard InChI is InChI=1S/C43H62O9/c1-7-39(4,37(47)51-41(6)28-10-23-8-24(12-28)13-29(41)11-23)21-40(5,36(46)50-32-27-14-30-31(15-27)34(44)49-33(30)32)20-38(2,3)35(45)52-43-18-25-9-26(19-43)17-42(48,16-25)22-43/h23-33,48H,7-22H2,1-6H3. The molecule has 1 saturated heterocycles. The largest absolute Gasteiger partial charge is 0.459 e. The molecule has 1 N–H and O–H groups in total. The van der Waals surface area contributed by atoms with E-state index < -0.39 is 51.2 Å². The van der Waals surface area contributed by atoms with E-state index in [9.17, 15) is 24.3 Å². The molecule has 9 unspecified atom stereocenters. The highest BCUT2D eigenvalue weighted by atomic mass is 16.6. The summed E-state index contributed by atoms with van der Waals surface area (Å²) in [6.07, 6.45) is 11.8. The molecule has 1 heterocycles. The van der Waals surface area contributed by atoms with Crippen molar-refractivity contribution >= 4 is 23.9 Å². The van der Waals surface area contributed by atoms with Crippen LogP contribution in [0.5, 0.6) is 0 Å². The van der Waals surface area contributed by atoms with Crippen molar-refractivity contribution in [2.75, 3.05) is 0 Å². The SMILES string of the molecule is CCC(C)(CC(C)(CC(C)(C)C(=O)OC12CC3CC(CC(O)(C3)C1)C2)C(=O)OC1C2CC3C(=O)OC1C3C2)C(=O)OC1(C)C2CC3CC(C2)CC1C3. The van der Waals surface area contributed by atoms with E-state index in [4.69, 9.17) is 18.9 Å². The lowest BCUT2D eigenvalue weighted by molar-refractivity contribution is -0.226. The van der Waals surface area contributed by atoms with Gasteiger partial charge in [-0.1, -0.05) is 6.92 Å². The van der Waals surface area contributed by atoms with Gasteiger partial charge in [0, 0.05) is 18.3 Å². The smallest absolute Gasteiger partial charge is 0.312 e. The maximum atomic E-state index is 14.8. The molecule has 11 rings (SSSR count). The Morgan fingerprint density at radius 3 is 1.98 bits per heavy atom. The molecule has 9 atom stereocenters. The number of aliphatic hydroxyl groups is 1. The lowest BCUT2D eigenvalue weighted by Crippen LogP contribution is -2.61. The summed E-state index contributed by atoms with van der Waals surface area (Å²) in [6.45, 7) is 11.6. The first-order valence-corrected chi connectivity index (χ1v) is 20.9. The summed E-state index contributed by atoms with van der Waals surface area (Å²) >= 11 is 0. The Morgan fingerprint density at radius 2 is 1.38 bits per heavy atom. The van der Waals surface area contributed by atoms with Gasteiger partial charge in [-0.05, 0) is 166 Å². The van der Waals surface area contributed by atoms with Gasteiger partial charge in [0.05, 0.1) is 27.8 Å². The minimum atomic E-state index is -1.25. The molecule has 10 bridgehead atoms. The Balaban J connectivity index is 0.973. The summed E-state index contributed by atoms with van der Waals surface area (Å²) in [6, 6.07) is 0. The number of carbonyl (C=O) groups is 4. The fraction of sp³-hybridized carbons (Fsp3) is 0.907. The van der Waals surface area contributed by atoms with Crippen LogP contribution in [0.15, 0.2) is 0 Å². The zero-order chi connectivity index (χ0) is 36.8. The second-order valence-corrected chi connectivity index (χ2v) is 21.6. The first-order valence-electron chi connectivity index (χ1n) is 20.9. The van der Waals surface area contributed by atoms with Crippen LogP contribution < -0.4 is 0 Å². The topological polar surface area (TPSA) is 125 Å². The second kappa shape index (κ2) is 11.4. The van der Waals surface area contributed by atoms with Crippen LogP contribution in [0.3, 0.4) is 0 Å². The molecule has 9 nitrogen and oxygen atoms in total. The third-order valence-electron chi connectivity index (χ3n) is 16.9. The van der Waals surface area contributed by atoms with Crippen molar-refractivity contribution in [3.8, 4) is 0 Å². The van der Waals surface area contributed by atoms with Gasteiger partial charge in [-0.15, -0.1) is 0 Å². The molecule has 0 aromatic rings. The maximum absolute atomic E-state index is 14.8. The molecule has 288 valence electrons. The molecule has 0 aromatic carbocycles. The molecular formula is C43H62O9. The number of hydrogen-bond acceptors (Lipinski definition) is 9. The molecule has 52 heavy (non-hydrogen) atoms. The third kappa shape index (κ3) is 5.44. The summed E-state index contributed by atoms with van der Waals surface area (Å²) < 4.78 is 25.4. The Hall–Kier alpha value is -2.16. The average molecular weight is 723 g/mol. The van der Waals surface area contributed by atoms with Gasteiger partial charge in [-0.3, -0.25) is 19.2 Å². The number of carbonyl (C=O) groups excluding carboxylic acids is 4. The van der Waals surface area contributed by atoms with E-state index in [0.29, 0.717) is 42.9 Å². The van der Waals surface area contributed by atoms with E-state index in [0.717, 1.165) is 76.0 Å². The molecule has 0 radical (unpaired) electrons. The highest BCUT2D eigenvalue weighted by Crippen LogP contribution is 2.62. The number of fused-ring (bicyclic) bond motifs is 1. The van der Waals surface area contributed by atoms with Gasteiger partial charge in [-0.25, -0.2) is 0 Å². The summed E-state index contributed by atoms with van der Waals surface area (Å²) in [5.74, 6) is 1.74. The molecule has 0 amide bonds. The van der Waals surface area contributed by atoms with E-state index in [1.807, 2.05) is 34.6 Å². The second-order valence-electron chi connectivity index (χ2n) is 21.6. The summed E-state index contributed by atoms with van der Waals surface area (Å²) in [5.41, 5.74) is -5.30. The van der Waals surface area contributed by atoms with Crippen molar-refractivity contribution in [2.24, 2.45) is 69.5 Å². The van der Waals surface area contributed by atoms with Gasteiger partial charge in [0.25, 0.3) is 0 Å². The molecule has 0 aromatic heterocycles. The Labute approximate surface area is 309 Å². The number of esters is 4. The quantitative estimate of drug-likeness (QED) is 0.176. The predicted molar refractivity (Wildman–Crippen MR) is 189 cm³/mol. The summed E-state index contributed by atoms with van der Waals surface area (Å²) in [7, 11) is 0. The van der Waals surface area contributed by atoms with E-state index in [1.54, 1.807) is 0 Å². The van der Waals surface area contributed by atoms with Crippen LogP contribution in [0, 0.1) is 69.5 Å². The Morgan fingerprint density at radius 1 is 0.769 bits per heavy atom. The van der Waals surface area contributed by atoms with Crippen molar-refractivity contribution in [1.82, 2.24) is 0 Å². The summed E-state index contributed by atoms with van der Waals surface area (Å²) in [4.78, 5) is 56.3. The first kappa shape index (κ1) is 35.5. The van der Waals surface area contributed by atoms with Crippen molar-refractivity contribution in [3.63, 3.8) is 0 Å². The van der Waals surface area contributed by atoms with Crippen molar-refractivity contribution < 1.29 is 43.2 Å². The monoisotopic (exact) mass is 722 g/mol. The molecule has 10 aliphatic carbocycles. The van der Waals surface area contributed by atoms with Crippen LogP contribution in [0.4, 0.5) is 0 Å². The predicted octanol–water partition coefficient (Wildman–Crippen LogP) is 7.09. The molecule has 0 spiro atoms. The first-order chi connectivity index (χ1) is 24.3. The number of rotatable bonds is 11. The summed E-state index contributed by atoms with van der Waals surface area (Å²) in [5, 5.41) is 11.4. The Bertz CT molecular complexity index is 1510. The zero-order valence-electron chi connectivity index (χ0n) is 32.4.